The Morgan fingerprint density at radius 2 is 2.24 bits per heavy atom. The standard InChI is InChI=1S/C10H10F3NO2S/c1-6(5-8(15)16)17-9-7(10(11,12)13)3-2-4-14-9/h2-4,6H,5H2,1H3,(H,15,16). The Hall–Kier alpha value is -1.24. The molecule has 0 spiro atoms. The minimum atomic E-state index is -4.47. The van der Waals surface area contributed by atoms with Crippen molar-refractivity contribution in [3.05, 3.63) is 23.9 Å². The van der Waals surface area contributed by atoms with Gasteiger partial charge >= 0.3 is 12.1 Å². The van der Waals surface area contributed by atoms with Crippen molar-refractivity contribution in [3.8, 4) is 0 Å². The summed E-state index contributed by atoms with van der Waals surface area (Å²) >= 11 is 0.813. The van der Waals surface area contributed by atoms with Crippen LogP contribution in [0.25, 0.3) is 0 Å². The van der Waals surface area contributed by atoms with E-state index in [4.69, 9.17) is 5.11 Å². The number of aliphatic carboxylic acids is 1. The fourth-order valence-corrected chi connectivity index (χ4v) is 2.22. The van der Waals surface area contributed by atoms with Gasteiger partial charge in [-0.2, -0.15) is 13.2 Å². The molecule has 94 valence electrons. The van der Waals surface area contributed by atoms with Gasteiger partial charge in [0.05, 0.1) is 12.0 Å². The van der Waals surface area contributed by atoms with Crippen LogP contribution >= 0.6 is 11.8 Å². The van der Waals surface area contributed by atoms with Gasteiger partial charge < -0.3 is 5.11 Å². The van der Waals surface area contributed by atoms with Gasteiger partial charge in [0.15, 0.2) is 0 Å². The van der Waals surface area contributed by atoms with Crippen LogP contribution in [0.1, 0.15) is 18.9 Å². The van der Waals surface area contributed by atoms with Crippen LogP contribution in [0.5, 0.6) is 0 Å². The Morgan fingerprint density at radius 1 is 1.59 bits per heavy atom. The van der Waals surface area contributed by atoms with Crippen molar-refractivity contribution in [2.24, 2.45) is 0 Å². The highest BCUT2D eigenvalue weighted by atomic mass is 32.2. The van der Waals surface area contributed by atoms with Crippen molar-refractivity contribution in [1.82, 2.24) is 4.98 Å². The molecule has 0 saturated heterocycles. The number of nitrogens with zero attached hydrogens (tertiary/aromatic N) is 1. The Labute approximate surface area is 100 Å². The minimum Gasteiger partial charge on any atom is -0.481 e. The van der Waals surface area contributed by atoms with E-state index in [2.05, 4.69) is 4.98 Å². The number of alkyl halides is 3. The first-order valence-corrected chi connectivity index (χ1v) is 5.59. The van der Waals surface area contributed by atoms with Gasteiger partial charge in [-0.15, -0.1) is 11.8 Å². The second kappa shape index (κ2) is 5.39. The zero-order valence-corrected chi connectivity index (χ0v) is 9.68. The minimum absolute atomic E-state index is 0.186. The van der Waals surface area contributed by atoms with Crippen LogP contribution in [-0.2, 0) is 11.0 Å². The molecule has 0 saturated carbocycles. The van der Waals surface area contributed by atoms with Crippen molar-refractivity contribution >= 4 is 17.7 Å². The molecule has 0 amide bonds. The smallest absolute Gasteiger partial charge is 0.419 e. The largest absolute Gasteiger partial charge is 0.481 e. The van der Waals surface area contributed by atoms with Crippen molar-refractivity contribution in [1.29, 1.82) is 0 Å². The summed E-state index contributed by atoms with van der Waals surface area (Å²) in [7, 11) is 0. The monoisotopic (exact) mass is 265 g/mol. The number of rotatable bonds is 4. The zero-order chi connectivity index (χ0) is 13.1. The molecule has 1 atom stereocenters. The lowest BCUT2D eigenvalue weighted by Gasteiger charge is -2.13. The van der Waals surface area contributed by atoms with Gasteiger partial charge in [-0.25, -0.2) is 4.98 Å². The van der Waals surface area contributed by atoms with E-state index in [1.54, 1.807) is 6.92 Å². The predicted molar refractivity (Wildman–Crippen MR) is 56.8 cm³/mol. The molecule has 0 fully saturated rings. The second-order valence-corrected chi connectivity index (χ2v) is 4.81. The fraction of sp³-hybridized carbons (Fsp3) is 0.400. The summed E-state index contributed by atoms with van der Waals surface area (Å²) in [5.41, 5.74) is -0.831. The first-order chi connectivity index (χ1) is 7.80. The molecule has 1 heterocycles. The number of carboxylic acid groups (broad SMARTS) is 1. The molecule has 1 aromatic rings. The summed E-state index contributed by atoms with van der Waals surface area (Å²) in [6, 6.07) is 2.14. The first-order valence-electron chi connectivity index (χ1n) is 4.71. The molecule has 1 N–H and O–H groups in total. The van der Waals surface area contributed by atoms with Gasteiger partial charge in [0.2, 0.25) is 0 Å². The highest BCUT2D eigenvalue weighted by molar-refractivity contribution is 7.99. The van der Waals surface area contributed by atoms with Crippen LogP contribution < -0.4 is 0 Å². The summed E-state index contributed by atoms with van der Waals surface area (Å²) in [5.74, 6) is -1.05. The quantitative estimate of drug-likeness (QED) is 0.850. The lowest BCUT2D eigenvalue weighted by molar-refractivity contribution is -0.140. The summed E-state index contributed by atoms with van der Waals surface area (Å²) in [6.07, 6.45) is -3.43. The highest BCUT2D eigenvalue weighted by Gasteiger charge is 2.34. The molecule has 7 heteroatoms. The summed E-state index contributed by atoms with van der Waals surface area (Å²) in [6.45, 7) is 1.55. The van der Waals surface area contributed by atoms with E-state index in [1.165, 1.54) is 12.3 Å². The SMILES string of the molecule is CC(CC(=O)O)Sc1ncccc1C(F)(F)F. The zero-order valence-electron chi connectivity index (χ0n) is 8.86. The molecule has 0 aromatic carbocycles. The Morgan fingerprint density at radius 3 is 2.76 bits per heavy atom. The Bertz CT molecular complexity index is 409. The molecule has 0 radical (unpaired) electrons. The summed E-state index contributed by atoms with van der Waals surface area (Å²) in [4.78, 5) is 14.1. The second-order valence-electron chi connectivity index (χ2n) is 3.38. The molecule has 1 aromatic heterocycles. The maximum atomic E-state index is 12.6. The lowest BCUT2D eigenvalue weighted by Crippen LogP contribution is -2.11. The predicted octanol–water partition coefficient (Wildman–Crippen LogP) is 3.06. The third-order valence-corrected chi connectivity index (χ3v) is 2.97. The number of hydrogen-bond donors (Lipinski definition) is 1. The van der Waals surface area contributed by atoms with E-state index < -0.39 is 23.0 Å². The van der Waals surface area contributed by atoms with Crippen molar-refractivity contribution in [2.45, 2.75) is 29.8 Å². The molecule has 17 heavy (non-hydrogen) atoms. The molecule has 1 unspecified atom stereocenters. The van der Waals surface area contributed by atoms with Crippen LogP contribution in [0.2, 0.25) is 0 Å². The highest BCUT2D eigenvalue weighted by Crippen LogP contribution is 2.37. The third kappa shape index (κ3) is 4.26. The van der Waals surface area contributed by atoms with Gasteiger partial charge in [0.1, 0.15) is 5.03 Å². The molecule has 0 aliphatic heterocycles. The van der Waals surface area contributed by atoms with E-state index in [1.807, 2.05) is 0 Å². The fourth-order valence-electron chi connectivity index (χ4n) is 1.18. The topological polar surface area (TPSA) is 50.2 Å². The van der Waals surface area contributed by atoms with E-state index in [-0.39, 0.29) is 11.4 Å². The molecule has 0 aliphatic carbocycles. The first kappa shape index (κ1) is 13.8. The maximum absolute atomic E-state index is 12.6. The molecule has 3 nitrogen and oxygen atoms in total. The average Bonchev–Trinajstić information content (AvgIpc) is 2.15. The van der Waals surface area contributed by atoms with Gasteiger partial charge in [-0.05, 0) is 12.1 Å². The van der Waals surface area contributed by atoms with E-state index in [0.29, 0.717) is 0 Å². The normalized spacial score (nSPS) is 13.4. The lowest BCUT2D eigenvalue weighted by atomic mass is 10.3. The van der Waals surface area contributed by atoms with Crippen molar-refractivity contribution in [3.63, 3.8) is 0 Å². The third-order valence-electron chi connectivity index (χ3n) is 1.85. The summed E-state index contributed by atoms with van der Waals surface area (Å²) in [5, 5.41) is 7.88. The van der Waals surface area contributed by atoms with Gasteiger partial charge in [0, 0.05) is 11.4 Å². The number of carboxylic acids is 1. The molecule has 0 bridgehead atoms. The van der Waals surface area contributed by atoms with Gasteiger partial charge in [-0.3, -0.25) is 4.79 Å². The number of halogens is 3. The van der Waals surface area contributed by atoms with Crippen LogP contribution in [0.15, 0.2) is 23.4 Å². The summed E-state index contributed by atoms with van der Waals surface area (Å²) < 4.78 is 37.8. The Balaban J connectivity index is 2.87. The van der Waals surface area contributed by atoms with Crippen LogP contribution in [0.3, 0.4) is 0 Å². The number of pyridine rings is 1. The number of aromatic nitrogens is 1. The molecular weight excluding hydrogens is 255 g/mol. The molecule has 0 aliphatic rings. The number of thioether (sulfide) groups is 1. The van der Waals surface area contributed by atoms with Gasteiger partial charge in [-0.1, -0.05) is 6.92 Å². The van der Waals surface area contributed by atoms with Crippen LogP contribution in [-0.4, -0.2) is 21.3 Å². The van der Waals surface area contributed by atoms with E-state index >= 15 is 0 Å². The molecular formula is C10H10F3NO2S. The van der Waals surface area contributed by atoms with Crippen molar-refractivity contribution in [2.75, 3.05) is 0 Å². The van der Waals surface area contributed by atoms with Crippen LogP contribution in [0, 0.1) is 0 Å². The van der Waals surface area contributed by atoms with Gasteiger partial charge in [0.25, 0.3) is 0 Å². The average molecular weight is 265 g/mol. The maximum Gasteiger partial charge on any atom is 0.419 e. The van der Waals surface area contributed by atoms with Crippen molar-refractivity contribution < 1.29 is 23.1 Å². The Kier molecular flexibility index (Phi) is 4.39. The number of carbonyl (C=O) groups is 1. The van der Waals surface area contributed by atoms with E-state index in [0.717, 1.165) is 17.8 Å². The number of hydrogen-bond acceptors (Lipinski definition) is 3. The van der Waals surface area contributed by atoms with Crippen LogP contribution in [0.4, 0.5) is 13.2 Å². The molecule has 1 rings (SSSR count). The van der Waals surface area contributed by atoms with E-state index in [9.17, 15) is 18.0 Å².